The molecule has 0 fully saturated rings. The van der Waals surface area contributed by atoms with E-state index in [1.54, 1.807) is 24.3 Å². The summed E-state index contributed by atoms with van der Waals surface area (Å²) in [4.78, 5) is 23.8. The lowest BCUT2D eigenvalue weighted by Gasteiger charge is -2.16. The quantitative estimate of drug-likeness (QED) is 0.722. The molecule has 24 heavy (non-hydrogen) atoms. The van der Waals surface area contributed by atoms with Crippen LogP contribution in [-0.2, 0) is 4.79 Å². The Labute approximate surface area is 146 Å². The smallest absolute Gasteiger partial charge is 0.253 e. The molecule has 0 aliphatic carbocycles. The summed E-state index contributed by atoms with van der Waals surface area (Å²) in [5, 5.41) is 8.97. The van der Waals surface area contributed by atoms with Gasteiger partial charge in [-0.2, -0.15) is 0 Å². The van der Waals surface area contributed by atoms with Gasteiger partial charge in [-0.1, -0.05) is 41.9 Å². The van der Waals surface area contributed by atoms with E-state index < -0.39 is 0 Å². The fourth-order valence-electron chi connectivity index (χ4n) is 2.10. The van der Waals surface area contributed by atoms with Gasteiger partial charge in [0, 0.05) is 18.3 Å². The Morgan fingerprint density at radius 2 is 1.67 bits per heavy atom. The summed E-state index contributed by atoms with van der Waals surface area (Å²) in [6.07, 6.45) is 0. The monoisotopic (exact) mass is 345 g/mol. The Morgan fingerprint density at radius 3 is 2.38 bits per heavy atom. The predicted molar refractivity (Wildman–Crippen MR) is 96.3 cm³/mol. The summed E-state index contributed by atoms with van der Waals surface area (Å²) in [6, 6.07) is 16.5. The van der Waals surface area contributed by atoms with Crippen LogP contribution in [-0.4, -0.2) is 30.9 Å². The van der Waals surface area contributed by atoms with E-state index in [1.165, 1.54) is 0 Å². The average Bonchev–Trinajstić information content (AvgIpc) is 2.59. The molecule has 126 valence electrons. The van der Waals surface area contributed by atoms with Crippen molar-refractivity contribution in [1.82, 2.24) is 10.6 Å². The van der Waals surface area contributed by atoms with E-state index in [1.807, 2.05) is 37.3 Å². The number of benzene rings is 2. The molecule has 2 rings (SSSR count). The van der Waals surface area contributed by atoms with E-state index in [-0.39, 0.29) is 24.4 Å². The predicted octanol–water partition coefficient (Wildman–Crippen LogP) is 2.69. The highest BCUT2D eigenvalue weighted by Gasteiger charge is 2.11. The van der Waals surface area contributed by atoms with Crippen molar-refractivity contribution >= 4 is 29.1 Å². The lowest BCUT2D eigenvalue weighted by atomic mass is 10.2. The summed E-state index contributed by atoms with van der Waals surface area (Å²) in [5.41, 5.74) is 1.34. The van der Waals surface area contributed by atoms with E-state index >= 15 is 0 Å². The van der Waals surface area contributed by atoms with Gasteiger partial charge in [0.05, 0.1) is 17.1 Å². The van der Waals surface area contributed by atoms with Gasteiger partial charge in [0.1, 0.15) is 0 Å². The minimum absolute atomic E-state index is 0.0654. The molecule has 0 saturated carbocycles. The number of halogens is 1. The summed E-state index contributed by atoms with van der Waals surface area (Å²) < 4.78 is 0. The van der Waals surface area contributed by atoms with Gasteiger partial charge in [-0.25, -0.2) is 0 Å². The van der Waals surface area contributed by atoms with Crippen molar-refractivity contribution in [3.05, 3.63) is 65.2 Å². The SMILES string of the molecule is CC(CNC(=O)CNC(=O)c1ccccc1Cl)Nc1ccccc1. The third-order valence-electron chi connectivity index (χ3n) is 3.32. The van der Waals surface area contributed by atoms with Crippen LogP contribution < -0.4 is 16.0 Å². The molecule has 0 bridgehead atoms. The second-order valence-corrected chi connectivity index (χ2v) is 5.79. The Bertz CT molecular complexity index is 692. The van der Waals surface area contributed by atoms with Gasteiger partial charge in [0.15, 0.2) is 0 Å². The number of nitrogens with one attached hydrogen (secondary N) is 3. The van der Waals surface area contributed by atoms with Gasteiger partial charge in [0.2, 0.25) is 5.91 Å². The Morgan fingerprint density at radius 1 is 1.00 bits per heavy atom. The number of anilines is 1. The molecule has 1 atom stereocenters. The zero-order chi connectivity index (χ0) is 17.4. The van der Waals surface area contributed by atoms with Gasteiger partial charge in [-0.3, -0.25) is 9.59 Å². The largest absolute Gasteiger partial charge is 0.381 e. The van der Waals surface area contributed by atoms with E-state index in [9.17, 15) is 9.59 Å². The Balaban J connectivity index is 1.71. The number of hydrogen-bond donors (Lipinski definition) is 3. The second kappa shape index (κ2) is 8.93. The molecule has 2 aromatic carbocycles. The molecular weight excluding hydrogens is 326 g/mol. The number of para-hydroxylation sites is 1. The van der Waals surface area contributed by atoms with E-state index in [0.717, 1.165) is 5.69 Å². The standard InChI is InChI=1S/C18H20ClN3O2/c1-13(22-14-7-3-2-4-8-14)11-20-17(23)12-21-18(24)15-9-5-6-10-16(15)19/h2-10,13,22H,11-12H2,1H3,(H,20,23)(H,21,24). The van der Waals surface area contributed by atoms with Crippen molar-refractivity contribution in [2.75, 3.05) is 18.4 Å². The van der Waals surface area contributed by atoms with Crippen LogP contribution in [0.1, 0.15) is 17.3 Å². The third-order valence-corrected chi connectivity index (χ3v) is 3.65. The number of hydrogen-bond acceptors (Lipinski definition) is 3. The minimum atomic E-state index is -0.369. The lowest BCUT2D eigenvalue weighted by Crippen LogP contribution is -2.41. The molecule has 0 saturated heterocycles. The molecule has 0 aliphatic rings. The number of carbonyl (C=O) groups is 2. The van der Waals surface area contributed by atoms with Crippen molar-refractivity contribution in [2.24, 2.45) is 0 Å². The maximum Gasteiger partial charge on any atom is 0.253 e. The summed E-state index contributed by atoms with van der Waals surface area (Å²) in [7, 11) is 0. The van der Waals surface area contributed by atoms with Gasteiger partial charge in [0.25, 0.3) is 5.91 Å². The molecule has 0 heterocycles. The highest BCUT2D eigenvalue weighted by Crippen LogP contribution is 2.14. The summed E-state index contributed by atoms with van der Waals surface area (Å²) in [6.45, 7) is 2.33. The molecule has 0 radical (unpaired) electrons. The third kappa shape index (κ3) is 5.59. The molecule has 2 aromatic rings. The van der Waals surface area contributed by atoms with Crippen LogP contribution in [0.2, 0.25) is 5.02 Å². The molecule has 2 amide bonds. The summed E-state index contributed by atoms with van der Waals surface area (Å²) >= 11 is 5.94. The van der Waals surface area contributed by atoms with Crippen LogP contribution in [0, 0.1) is 0 Å². The van der Waals surface area contributed by atoms with Gasteiger partial charge >= 0.3 is 0 Å². The Hall–Kier alpha value is -2.53. The molecule has 0 aromatic heterocycles. The van der Waals surface area contributed by atoms with Crippen LogP contribution in [0.25, 0.3) is 0 Å². The van der Waals surface area contributed by atoms with Crippen LogP contribution in [0.5, 0.6) is 0 Å². The fourth-order valence-corrected chi connectivity index (χ4v) is 2.32. The van der Waals surface area contributed by atoms with Crippen LogP contribution >= 0.6 is 11.6 Å². The first-order valence-corrected chi connectivity index (χ1v) is 8.05. The minimum Gasteiger partial charge on any atom is -0.381 e. The number of carbonyl (C=O) groups excluding carboxylic acids is 2. The van der Waals surface area contributed by atoms with Gasteiger partial charge < -0.3 is 16.0 Å². The van der Waals surface area contributed by atoms with Crippen molar-refractivity contribution in [1.29, 1.82) is 0 Å². The van der Waals surface area contributed by atoms with E-state index in [0.29, 0.717) is 17.1 Å². The van der Waals surface area contributed by atoms with Crippen LogP contribution in [0.3, 0.4) is 0 Å². The number of rotatable bonds is 7. The van der Waals surface area contributed by atoms with Crippen molar-refractivity contribution in [3.63, 3.8) is 0 Å². The molecular formula is C18H20ClN3O2. The average molecular weight is 346 g/mol. The first kappa shape index (κ1) is 17.8. The normalized spacial score (nSPS) is 11.4. The molecule has 5 nitrogen and oxygen atoms in total. The lowest BCUT2D eigenvalue weighted by molar-refractivity contribution is -0.120. The van der Waals surface area contributed by atoms with Crippen molar-refractivity contribution < 1.29 is 9.59 Å². The molecule has 3 N–H and O–H groups in total. The molecule has 0 aliphatic heterocycles. The van der Waals surface area contributed by atoms with E-state index in [2.05, 4.69) is 16.0 Å². The van der Waals surface area contributed by atoms with Crippen molar-refractivity contribution in [3.8, 4) is 0 Å². The molecule has 0 spiro atoms. The first-order valence-electron chi connectivity index (χ1n) is 7.67. The topological polar surface area (TPSA) is 70.2 Å². The van der Waals surface area contributed by atoms with E-state index in [4.69, 9.17) is 11.6 Å². The van der Waals surface area contributed by atoms with Crippen LogP contribution in [0.15, 0.2) is 54.6 Å². The maximum atomic E-state index is 12.0. The van der Waals surface area contributed by atoms with Gasteiger partial charge in [-0.15, -0.1) is 0 Å². The second-order valence-electron chi connectivity index (χ2n) is 5.38. The van der Waals surface area contributed by atoms with Crippen LogP contribution in [0.4, 0.5) is 5.69 Å². The fraction of sp³-hybridized carbons (Fsp3) is 0.222. The molecule has 6 heteroatoms. The highest BCUT2D eigenvalue weighted by atomic mass is 35.5. The van der Waals surface area contributed by atoms with Gasteiger partial charge in [-0.05, 0) is 31.2 Å². The zero-order valence-corrected chi connectivity index (χ0v) is 14.1. The summed E-state index contributed by atoms with van der Waals surface area (Å²) in [5.74, 6) is -0.622. The highest BCUT2D eigenvalue weighted by molar-refractivity contribution is 6.33. The molecule has 1 unspecified atom stereocenters. The number of amides is 2. The first-order chi connectivity index (χ1) is 11.6. The Kier molecular flexibility index (Phi) is 6.63. The maximum absolute atomic E-state index is 12.0. The van der Waals surface area contributed by atoms with Crippen molar-refractivity contribution in [2.45, 2.75) is 13.0 Å². The zero-order valence-electron chi connectivity index (χ0n) is 13.4.